The summed E-state index contributed by atoms with van der Waals surface area (Å²) < 4.78 is 41.5. The summed E-state index contributed by atoms with van der Waals surface area (Å²) in [7, 11) is 1.91. The van der Waals surface area contributed by atoms with Crippen molar-refractivity contribution in [3.8, 4) is 0 Å². The first-order chi connectivity index (χ1) is 11.3. The van der Waals surface area contributed by atoms with Gasteiger partial charge in [-0.2, -0.15) is 13.2 Å². The molecule has 0 bridgehead atoms. The predicted molar refractivity (Wildman–Crippen MR) is 91.0 cm³/mol. The fraction of sp³-hybridized carbons (Fsp3) is 0.588. The zero-order valence-electron chi connectivity index (χ0n) is 13.7. The Bertz CT molecular complexity index is 486. The van der Waals surface area contributed by atoms with E-state index in [4.69, 9.17) is 4.74 Å². The van der Waals surface area contributed by atoms with Gasteiger partial charge in [0.15, 0.2) is 0 Å². The lowest BCUT2D eigenvalue weighted by molar-refractivity contribution is -0.127. The van der Waals surface area contributed by atoms with E-state index in [0.29, 0.717) is 0 Å². The van der Waals surface area contributed by atoms with Crippen molar-refractivity contribution in [1.29, 1.82) is 0 Å². The second kappa shape index (κ2) is 10.2. The summed E-state index contributed by atoms with van der Waals surface area (Å²) in [5, 5.41) is 3.07. The average molecular weight is 410 g/mol. The van der Waals surface area contributed by atoms with E-state index in [1.54, 1.807) is 12.1 Å². The van der Waals surface area contributed by atoms with Crippen molar-refractivity contribution >= 4 is 22.2 Å². The molecule has 24 heavy (non-hydrogen) atoms. The number of halogens is 4. The molecule has 0 aromatic heterocycles. The number of hydrogen-bond donors (Lipinski definition) is 1. The molecule has 0 amide bonds. The Labute approximate surface area is 149 Å². The molecule has 1 heterocycles. The summed E-state index contributed by atoms with van der Waals surface area (Å²) >= 11 is 3.14. The fourth-order valence-corrected chi connectivity index (χ4v) is 2.68. The van der Waals surface area contributed by atoms with Crippen LogP contribution < -0.4 is 5.32 Å². The molecule has 7 heteroatoms. The molecule has 1 aliphatic rings. The van der Waals surface area contributed by atoms with Crippen molar-refractivity contribution in [3.63, 3.8) is 0 Å². The summed E-state index contributed by atoms with van der Waals surface area (Å²) in [5.74, 6) is 0. The van der Waals surface area contributed by atoms with Gasteiger partial charge < -0.3 is 14.8 Å². The summed E-state index contributed by atoms with van der Waals surface area (Å²) in [6, 6.07) is 6.11. The number of alkyl halides is 3. The molecule has 1 aromatic carbocycles. The number of rotatable bonds is 5. The standard InChI is InChI=1S/C9H17NO2.C8H6BrF3/c1-10-5-2-9(8-11)3-6-12-7-4-9;9-7-3-1-6(2-4-7)5-8(10,11)12/h8,10H,2-7H2,1H3;1-4H,5H2. The molecule has 1 saturated heterocycles. The van der Waals surface area contributed by atoms with Crippen LogP contribution in [0.2, 0.25) is 0 Å². The molecular weight excluding hydrogens is 387 g/mol. The van der Waals surface area contributed by atoms with Crippen molar-refractivity contribution < 1.29 is 22.7 Å². The highest BCUT2D eigenvalue weighted by atomic mass is 79.9. The topological polar surface area (TPSA) is 38.3 Å². The Morgan fingerprint density at radius 2 is 1.83 bits per heavy atom. The van der Waals surface area contributed by atoms with Gasteiger partial charge in [0.1, 0.15) is 6.29 Å². The lowest BCUT2D eigenvalue weighted by Gasteiger charge is -2.31. The molecule has 2 rings (SSSR count). The minimum atomic E-state index is -4.12. The first-order valence-corrected chi connectivity index (χ1v) is 8.59. The Morgan fingerprint density at radius 3 is 2.29 bits per heavy atom. The number of carbonyl (C=O) groups is 1. The van der Waals surface area contributed by atoms with Crippen LogP contribution in [-0.4, -0.2) is 39.3 Å². The third-order valence-corrected chi connectivity index (χ3v) is 4.46. The highest BCUT2D eigenvalue weighted by molar-refractivity contribution is 9.10. The molecule has 1 aromatic rings. The Morgan fingerprint density at radius 1 is 1.25 bits per heavy atom. The van der Waals surface area contributed by atoms with Gasteiger partial charge in [-0.05, 0) is 50.6 Å². The average Bonchev–Trinajstić information content (AvgIpc) is 2.55. The van der Waals surface area contributed by atoms with Crippen LogP contribution in [0.4, 0.5) is 13.2 Å². The van der Waals surface area contributed by atoms with Gasteiger partial charge in [-0.25, -0.2) is 0 Å². The second-order valence-electron chi connectivity index (χ2n) is 5.86. The number of benzene rings is 1. The minimum absolute atomic E-state index is 0.0960. The molecule has 1 fully saturated rings. The fourth-order valence-electron chi connectivity index (χ4n) is 2.41. The lowest BCUT2D eigenvalue weighted by atomic mass is 9.79. The minimum Gasteiger partial charge on any atom is -0.381 e. The summed E-state index contributed by atoms with van der Waals surface area (Å²) in [4.78, 5) is 10.9. The zero-order valence-corrected chi connectivity index (χ0v) is 15.3. The number of aldehydes is 1. The van der Waals surface area contributed by atoms with Crippen LogP contribution in [-0.2, 0) is 16.0 Å². The molecule has 0 aliphatic carbocycles. The number of nitrogens with one attached hydrogen (secondary N) is 1. The van der Waals surface area contributed by atoms with Gasteiger partial charge in [0.05, 0.1) is 6.42 Å². The maximum atomic E-state index is 11.8. The number of hydrogen-bond acceptors (Lipinski definition) is 3. The van der Waals surface area contributed by atoms with Crippen molar-refractivity contribution in [1.82, 2.24) is 5.32 Å². The van der Waals surface area contributed by atoms with Crippen LogP contribution in [0, 0.1) is 5.41 Å². The van der Waals surface area contributed by atoms with Gasteiger partial charge in [-0.3, -0.25) is 0 Å². The third kappa shape index (κ3) is 8.26. The van der Waals surface area contributed by atoms with E-state index in [-0.39, 0.29) is 11.0 Å². The van der Waals surface area contributed by atoms with E-state index in [1.807, 2.05) is 7.05 Å². The summed E-state index contributed by atoms with van der Waals surface area (Å²) in [6.07, 6.45) is -1.15. The van der Waals surface area contributed by atoms with E-state index in [2.05, 4.69) is 21.2 Å². The number of carbonyl (C=O) groups excluding carboxylic acids is 1. The van der Waals surface area contributed by atoms with Crippen LogP contribution in [0.15, 0.2) is 28.7 Å². The highest BCUT2D eigenvalue weighted by Gasteiger charge is 2.31. The maximum Gasteiger partial charge on any atom is 0.393 e. The molecule has 1 aliphatic heterocycles. The molecule has 0 saturated carbocycles. The van der Waals surface area contributed by atoms with E-state index < -0.39 is 12.6 Å². The normalized spacial score (nSPS) is 16.9. The van der Waals surface area contributed by atoms with Crippen LogP contribution in [0.3, 0.4) is 0 Å². The van der Waals surface area contributed by atoms with Crippen molar-refractivity contribution in [3.05, 3.63) is 34.3 Å². The molecule has 0 atom stereocenters. The summed E-state index contributed by atoms with van der Waals surface area (Å²) in [6.45, 7) is 2.39. The van der Waals surface area contributed by atoms with Gasteiger partial charge in [0.25, 0.3) is 0 Å². The van der Waals surface area contributed by atoms with Crippen LogP contribution >= 0.6 is 15.9 Å². The monoisotopic (exact) mass is 409 g/mol. The predicted octanol–water partition coefficient (Wildman–Crippen LogP) is 4.15. The Balaban J connectivity index is 0.000000240. The number of ether oxygens (including phenoxy) is 1. The SMILES string of the molecule is CNCCC1(C=O)CCOCC1.FC(F)(F)Cc1ccc(Br)cc1. The third-order valence-electron chi connectivity index (χ3n) is 3.93. The zero-order chi connectivity index (χ0) is 18.1. The Hall–Kier alpha value is -0.920. The van der Waals surface area contributed by atoms with Gasteiger partial charge >= 0.3 is 6.18 Å². The maximum absolute atomic E-state index is 11.8. The van der Waals surface area contributed by atoms with Crippen molar-refractivity contribution in [2.45, 2.75) is 31.9 Å². The molecule has 0 radical (unpaired) electrons. The molecule has 3 nitrogen and oxygen atoms in total. The molecule has 0 spiro atoms. The molecular formula is C17H23BrF3NO2. The largest absolute Gasteiger partial charge is 0.393 e. The highest BCUT2D eigenvalue weighted by Crippen LogP contribution is 2.31. The molecule has 0 unspecified atom stereocenters. The summed E-state index contributed by atoms with van der Waals surface area (Å²) in [5.41, 5.74) is 0.187. The molecule has 136 valence electrons. The Kier molecular flexibility index (Phi) is 8.94. The van der Waals surface area contributed by atoms with Gasteiger partial charge in [0, 0.05) is 23.1 Å². The van der Waals surface area contributed by atoms with Gasteiger partial charge in [-0.1, -0.05) is 28.1 Å². The van der Waals surface area contributed by atoms with Crippen LogP contribution in [0.5, 0.6) is 0 Å². The van der Waals surface area contributed by atoms with E-state index >= 15 is 0 Å². The van der Waals surface area contributed by atoms with Crippen molar-refractivity contribution in [2.24, 2.45) is 5.41 Å². The van der Waals surface area contributed by atoms with Crippen molar-refractivity contribution in [2.75, 3.05) is 26.8 Å². The van der Waals surface area contributed by atoms with Crippen LogP contribution in [0.1, 0.15) is 24.8 Å². The molecule has 1 N–H and O–H groups in total. The van der Waals surface area contributed by atoms with Gasteiger partial charge in [-0.15, -0.1) is 0 Å². The van der Waals surface area contributed by atoms with E-state index in [0.717, 1.165) is 49.8 Å². The first kappa shape index (κ1) is 21.1. The second-order valence-corrected chi connectivity index (χ2v) is 6.78. The lowest BCUT2D eigenvalue weighted by Crippen LogP contribution is -2.33. The quantitative estimate of drug-likeness (QED) is 0.742. The smallest absolute Gasteiger partial charge is 0.381 e. The van der Waals surface area contributed by atoms with Crippen LogP contribution in [0.25, 0.3) is 0 Å². The van der Waals surface area contributed by atoms with E-state index in [1.165, 1.54) is 12.1 Å². The first-order valence-electron chi connectivity index (χ1n) is 7.80. The van der Waals surface area contributed by atoms with Gasteiger partial charge in [0.2, 0.25) is 0 Å². The van der Waals surface area contributed by atoms with E-state index in [9.17, 15) is 18.0 Å².